The monoisotopic (exact) mass is 718 g/mol. The van der Waals surface area contributed by atoms with E-state index in [0.717, 1.165) is 37.2 Å². The molecule has 2 aliphatic rings. The van der Waals surface area contributed by atoms with Gasteiger partial charge in [-0.15, -0.1) is 0 Å². The fraction of sp³-hybridized carbons (Fsp3) is 0.389. The van der Waals surface area contributed by atoms with Crippen molar-refractivity contribution in [3.8, 4) is 23.0 Å². The first-order chi connectivity index (χ1) is 24.7. The van der Waals surface area contributed by atoms with Gasteiger partial charge in [-0.3, -0.25) is 10.00 Å². The van der Waals surface area contributed by atoms with E-state index in [1.165, 1.54) is 18.5 Å². The fourth-order valence-electron chi connectivity index (χ4n) is 6.38. The minimum absolute atomic E-state index is 0.0411. The van der Waals surface area contributed by atoms with Gasteiger partial charge in [-0.1, -0.05) is 17.3 Å². The molecule has 1 aliphatic heterocycles. The number of H-pyrrole nitrogens is 1. The maximum Gasteiger partial charge on any atom is 0.273 e. The van der Waals surface area contributed by atoms with Crippen molar-refractivity contribution in [2.45, 2.75) is 43.2 Å². The van der Waals surface area contributed by atoms with Gasteiger partial charge in [-0.2, -0.15) is 5.10 Å². The van der Waals surface area contributed by atoms with Gasteiger partial charge in [0, 0.05) is 37.2 Å². The first-order valence-electron chi connectivity index (χ1n) is 16.8. The van der Waals surface area contributed by atoms with Crippen molar-refractivity contribution >= 4 is 38.3 Å². The summed E-state index contributed by atoms with van der Waals surface area (Å²) in [5.74, 6) is 2.63. The van der Waals surface area contributed by atoms with Crippen molar-refractivity contribution in [1.82, 2.24) is 20.3 Å². The summed E-state index contributed by atoms with van der Waals surface area (Å²) in [5.41, 5.74) is 3.48. The molecule has 1 unspecified atom stereocenters. The van der Waals surface area contributed by atoms with E-state index in [9.17, 15) is 0 Å². The molecule has 15 heteroatoms. The molecule has 51 heavy (non-hydrogen) atoms. The van der Waals surface area contributed by atoms with Crippen LogP contribution in [0.4, 0.5) is 17.3 Å². The number of nitrogens with one attached hydrogen (secondary N) is 2. The molecule has 0 radical (unpaired) electrons. The highest BCUT2D eigenvalue weighted by Crippen LogP contribution is 2.44. The van der Waals surface area contributed by atoms with E-state index in [0.29, 0.717) is 58.7 Å². The highest BCUT2D eigenvalue weighted by molar-refractivity contribution is 7.93. The second kappa shape index (κ2) is 14.3. The smallest absolute Gasteiger partial charge is 0.273 e. The SMILES string of the molecule is COc1ccc(CN(c2noc3cc(Nc4cc(C5CC5)n[nH]4)c(OC)cc23)S(=O)(=O)c2c(OC)cc(C(C)N3CCOCC3)cc2OC)cc1. The van der Waals surface area contributed by atoms with E-state index in [4.69, 9.17) is 28.2 Å². The number of methoxy groups -OCH3 is 4. The van der Waals surface area contributed by atoms with Crippen LogP contribution in [0, 0.1) is 0 Å². The number of fused-ring (bicyclic) bond motifs is 1. The number of rotatable bonds is 14. The van der Waals surface area contributed by atoms with Crippen LogP contribution in [-0.4, -0.2) is 83.4 Å². The predicted molar refractivity (Wildman–Crippen MR) is 191 cm³/mol. The lowest BCUT2D eigenvalue weighted by Gasteiger charge is -2.33. The topological polar surface area (TPSA) is 154 Å². The normalized spacial score (nSPS) is 15.8. The van der Waals surface area contributed by atoms with Crippen LogP contribution in [0.15, 0.2) is 64.0 Å². The number of sulfonamides is 1. The Hall–Kier alpha value is -4.99. The summed E-state index contributed by atoms with van der Waals surface area (Å²) in [6, 6.07) is 16.0. The Kier molecular flexibility index (Phi) is 9.68. The summed E-state index contributed by atoms with van der Waals surface area (Å²) in [6.07, 6.45) is 2.26. The van der Waals surface area contributed by atoms with Crippen molar-refractivity contribution in [1.29, 1.82) is 0 Å². The number of anilines is 3. The zero-order valence-electron chi connectivity index (χ0n) is 29.3. The van der Waals surface area contributed by atoms with Gasteiger partial charge < -0.3 is 33.5 Å². The molecule has 14 nitrogen and oxygen atoms in total. The lowest BCUT2D eigenvalue weighted by atomic mass is 10.1. The summed E-state index contributed by atoms with van der Waals surface area (Å²) in [6.45, 7) is 4.75. The summed E-state index contributed by atoms with van der Waals surface area (Å²) in [4.78, 5) is 2.14. The van der Waals surface area contributed by atoms with Crippen LogP contribution in [-0.2, 0) is 21.3 Å². The molecule has 1 saturated carbocycles. The zero-order valence-corrected chi connectivity index (χ0v) is 30.1. The van der Waals surface area contributed by atoms with Gasteiger partial charge in [0.05, 0.1) is 65.0 Å². The van der Waals surface area contributed by atoms with Gasteiger partial charge >= 0.3 is 0 Å². The Balaban J connectivity index is 1.32. The average molecular weight is 719 g/mol. The van der Waals surface area contributed by atoms with Crippen molar-refractivity contribution in [3.63, 3.8) is 0 Å². The third kappa shape index (κ3) is 6.88. The van der Waals surface area contributed by atoms with Gasteiger partial charge in [0.25, 0.3) is 10.0 Å². The van der Waals surface area contributed by atoms with Crippen LogP contribution in [0.5, 0.6) is 23.0 Å². The minimum Gasteiger partial charge on any atom is -0.497 e. The molecule has 1 atom stereocenters. The zero-order chi connectivity index (χ0) is 35.7. The first-order valence-corrected chi connectivity index (χ1v) is 18.2. The molecule has 3 heterocycles. The van der Waals surface area contributed by atoms with Crippen molar-refractivity contribution in [2.24, 2.45) is 0 Å². The summed E-state index contributed by atoms with van der Waals surface area (Å²) < 4.78 is 65.4. The number of hydrogen-bond acceptors (Lipinski definition) is 12. The number of morpholine rings is 1. The molecule has 2 aromatic heterocycles. The van der Waals surface area contributed by atoms with Crippen LogP contribution in [0.1, 0.15) is 48.5 Å². The number of nitrogens with zero attached hydrogens (tertiary/aromatic N) is 4. The van der Waals surface area contributed by atoms with E-state index in [-0.39, 0.29) is 34.8 Å². The van der Waals surface area contributed by atoms with Gasteiger partial charge in [0.15, 0.2) is 16.3 Å². The van der Waals surface area contributed by atoms with E-state index < -0.39 is 10.0 Å². The maximum atomic E-state index is 15.0. The van der Waals surface area contributed by atoms with Crippen LogP contribution in [0.3, 0.4) is 0 Å². The van der Waals surface area contributed by atoms with Crippen LogP contribution >= 0.6 is 0 Å². The molecule has 7 rings (SSSR count). The summed E-state index contributed by atoms with van der Waals surface area (Å²) in [7, 11) is 1.58. The number of ether oxygens (including phenoxy) is 5. The van der Waals surface area contributed by atoms with Gasteiger partial charge in [0.1, 0.15) is 28.8 Å². The standard InChI is InChI=1S/C36H42N6O8S/c1-22(41-12-14-49-15-13-41)25-16-32(47-4)35(33(17-25)48-5)51(43,44)42(21-23-6-10-26(45-2)11-7-23)36-27-18-31(46-3)29(19-30(27)50-40-36)37-34-20-28(38-39-34)24-8-9-24/h6-7,10-11,16-20,22,24H,8-9,12-15,21H2,1-5H3,(H2,37,38,39). The highest BCUT2D eigenvalue weighted by Gasteiger charge is 2.36. The van der Waals surface area contributed by atoms with E-state index in [2.05, 4.69) is 32.5 Å². The Bertz CT molecular complexity index is 2080. The molecule has 3 aromatic carbocycles. The first kappa shape index (κ1) is 34.5. The van der Waals surface area contributed by atoms with Gasteiger partial charge in [-0.25, -0.2) is 12.7 Å². The van der Waals surface area contributed by atoms with E-state index >= 15 is 8.42 Å². The van der Waals surface area contributed by atoms with Crippen molar-refractivity contribution in [2.75, 3.05) is 64.4 Å². The molecule has 2 N–H and O–H groups in total. The molecular formula is C36H42N6O8S. The lowest BCUT2D eigenvalue weighted by Crippen LogP contribution is -2.38. The minimum atomic E-state index is -4.43. The van der Waals surface area contributed by atoms with Crippen LogP contribution in [0.2, 0.25) is 0 Å². The quantitative estimate of drug-likeness (QED) is 0.139. The third-order valence-corrected chi connectivity index (χ3v) is 11.3. The lowest BCUT2D eigenvalue weighted by molar-refractivity contribution is 0.0198. The second-order valence-corrected chi connectivity index (χ2v) is 14.4. The average Bonchev–Trinajstić information content (AvgIpc) is 3.78. The number of hydrogen-bond donors (Lipinski definition) is 2. The fourth-order valence-corrected chi connectivity index (χ4v) is 8.08. The highest BCUT2D eigenvalue weighted by atomic mass is 32.2. The van der Waals surface area contributed by atoms with Crippen molar-refractivity contribution < 1.29 is 36.6 Å². The van der Waals surface area contributed by atoms with Crippen molar-refractivity contribution in [3.05, 3.63) is 71.4 Å². The number of aromatic amines is 1. The predicted octanol–water partition coefficient (Wildman–Crippen LogP) is 6.00. The number of aromatic nitrogens is 3. The molecule has 2 fully saturated rings. The largest absolute Gasteiger partial charge is 0.497 e. The Morgan fingerprint density at radius 1 is 0.941 bits per heavy atom. The second-order valence-electron chi connectivity index (χ2n) is 12.6. The molecule has 1 aliphatic carbocycles. The van der Waals surface area contributed by atoms with Gasteiger partial charge in [-0.05, 0) is 61.2 Å². The molecule has 0 bridgehead atoms. The Labute approximate surface area is 296 Å². The summed E-state index contributed by atoms with van der Waals surface area (Å²) >= 11 is 0. The van der Waals surface area contributed by atoms with E-state index in [1.54, 1.807) is 62.8 Å². The van der Waals surface area contributed by atoms with E-state index in [1.807, 2.05) is 6.07 Å². The number of benzene rings is 3. The molecule has 0 amide bonds. The molecule has 0 spiro atoms. The third-order valence-electron chi connectivity index (χ3n) is 9.46. The van der Waals surface area contributed by atoms with Gasteiger partial charge in [0.2, 0.25) is 0 Å². The molecular weight excluding hydrogens is 676 g/mol. The Morgan fingerprint density at radius 2 is 1.63 bits per heavy atom. The maximum absolute atomic E-state index is 15.0. The van der Waals surface area contributed by atoms with Crippen LogP contribution in [0.25, 0.3) is 11.0 Å². The molecule has 270 valence electrons. The Morgan fingerprint density at radius 3 is 2.25 bits per heavy atom. The molecule has 1 saturated heterocycles. The van der Waals surface area contributed by atoms with Crippen LogP contribution < -0.4 is 28.6 Å². The molecule has 5 aromatic rings. The summed E-state index contributed by atoms with van der Waals surface area (Å²) in [5, 5.41) is 15.5.